The fraction of sp³-hybridized carbons (Fsp3) is 0.500. The van der Waals surface area contributed by atoms with Crippen molar-refractivity contribution < 1.29 is 4.39 Å². The number of benzene rings is 1. The summed E-state index contributed by atoms with van der Waals surface area (Å²) in [6.45, 7) is 4.56. The Morgan fingerprint density at radius 2 is 2.22 bits per heavy atom. The van der Waals surface area contributed by atoms with Crippen LogP contribution in [0.3, 0.4) is 0 Å². The number of fused-ring (bicyclic) bond motifs is 1. The highest BCUT2D eigenvalue weighted by atomic mass is 19.1. The summed E-state index contributed by atoms with van der Waals surface area (Å²) in [7, 11) is 0. The van der Waals surface area contributed by atoms with Gasteiger partial charge < -0.3 is 10.3 Å². The number of anilines is 1. The van der Waals surface area contributed by atoms with Crippen LogP contribution in [0.2, 0.25) is 0 Å². The summed E-state index contributed by atoms with van der Waals surface area (Å²) in [6, 6.07) is 5.08. The van der Waals surface area contributed by atoms with E-state index in [-0.39, 0.29) is 5.82 Å². The van der Waals surface area contributed by atoms with E-state index in [1.54, 1.807) is 6.07 Å². The van der Waals surface area contributed by atoms with Crippen molar-refractivity contribution >= 4 is 17.0 Å². The molecule has 1 heterocycles. The molecule has 96 valence electrons. The maximum atomic E-state index is 13.2. The molecule has 4 heteroatoms. The van der Waals surface area contributed by atoms with Gasteiger partial charge in [0.1, 0.15) is 5.82 Å². The van der Waals surface area contributed by atoms with Gasteiger partial charge in [-0.25, -0.2) is 9.37 Å². The number of nitrogen functional groups attached to an aromatic ring is 1. The molecule has 0 saturated heterocycles. The van der Waals surface area contributed by atoms with Gasteiger partial charge >= 0.3 is 0 Å². The number of nitrogens with zero attached hydrogens (tertiary/aromatic N) is 2. The molecule has 0 radical (unpaired) electrons. The zero-order valence-corrected chi connectivity index (χ0v) is 10.8. The van der Waals surface area contributed by atoms with Gasteiger partial charge in [-0.15, -0.1) is 0 Å². The standard InChI is InChI=1S/C14H18FN3/c1-14(2)6-5-10(8-14)18-12-4-3-9(15)7-11(12)17-13(18)16/h3-4,7,10H,5-6,8H2,1-2H3,(H2,16,17). The number of aromatic nitrogens is 2. The van der Waals surface area contributed by atoms with Crippen molar-refractivity contribution in [2.45, 2.75) is 39.2 Å². The molecule has 1 aliphatic carbocycles. The predicted molar refractivity (Wildman–Crippen MR) is 70.8 cm³/mol. The third kappa shape index (κ3) is 1.76. The van der Waals surface area contributed by atoms with Crippen molar-refractivity contribution in [1.29, 1.82) is 0 Å². The van der Waals surface area contributed by atoms with Crippen molar-refractivity contribution in [2.24, 2.45) is 5.41 Å². The Hall–Kier alpha value is -1.58. The lowest BCUT2D eigenvalue weighted by atomic mass is 9.92. The Kier molecular flexibility index (Phi) is 2.37. The molecule has 0 bridgehead atoms. The minimum Gasteiger partial charge on any atom is -0.369 e. The molecular weight excluding hydrogens is 229 g/mol. The molecule has 1 fully saturated rings. The Balaban J connectivity index is 2.09. The molecule has 3 rings (SSSR count). The molecular formula is C14H18FN3. The van der Waals surface area contributed by atoms with Gasteiger partial charge in [-0.05, 0) is 36.8 Å². The second-order valence-electron chi connectivity index (χ2n) is 6.03. The van der Waals surface area contributed by atoms with E-state index in [1.165, 1.54) is 18.6 Å². The SMILES string of the molecule is CC1(C)CCC(n2c(N)nc3cc(F)ccc32)C1. The minimum absolute atomic E-state index is 0.265. The Labute approximate surface area is 106 Å². The predicted octanol–water partition coefficient (Wildman–Crippen LogP) is 3.51. The van der Waals surface area contributed by atoms with E-state index in [4.69, 9.17) is 5.73 Å². The van der Waals surface area contributed by atoms with Crippen LogP contribution in [-0.4, -0.2) is 9.55 Å². The molecule has 1 unspecified atom stereocenters. The van der Waals surface area contributed by atoms with Crippen LogP contribution >= 0.6 is 0 Å². The normalized spacial score (nSPS) is 22.7. The maximum Gasteiger partial charge on any atom is 0.201 e. The lowest BCUT2D eigenvalue weighted by Gasteiger charge is -2.19. The summed E-state index contributed by atoms with van der Waals surface area (Å²) in [5, 5.41) is 0. The number of halogens is 1. The molecule has 1 saturated carbocycles. The second-order valence-corrected chi connectivity index (χ2v) is 6.03. The smallest absolute Gasteiger partial charge is 0.201 e. The summed E-state index contributed by atoms with van der Waals surface area (Å²) in [5.74, 6) is 0.234. The third-order valence-electron chi connectivity index (χ3n) is 3.99. The van der Waals surface area contributed by atoms with Crippen LogP contribution in [0.15, 0.2) is 18.2 Å². The third-order valence-corrected chi connectivity index (χ3v) is 3.99. The first-order valence-electron chi connectivity index (χ1n) is 6.39. The topological polar surface area (TPSA) is 43.8 Å². The summed E-state index contributed by atoms with van der Waals surface area (Å²) in [6.07, 6.45) is 3.40. The van der Waals surface area contributed by atoms with E-state index < -0.39 is 0 Å². The number of rotatable bonds is 1. The van der Waals surface area contributed by atoms with Gasteiger partial charge in [0.15, 0.2) is 0 Å². The van der Waals surface area contributed by atoms with Crippen molar-refractivity contribution in [2.75, 3.05) is 5.73 Å². The molecule has 1 aromatic heterocycles. The van der Waals surface area contributed by atoms with Crippen molar-refractivity contribution in [1.82, 2.24) is 9.55 Å². The van der Waals surface area contributed by atoms with Gasteiger partial charge in [0.2, 0.25) is 5.95 Å². The van der Waals surface area contributed by atoms with Gasteiger partial charge in [0.25, 0.3) is 0 Å². The van der Waals surface area contributed by atoms with Gasteiger partial charge in [0, 0.05) is 12.1 Å². The van der Waals surface area contributed by atoms with Crippen LogP contribution < -0.4 is 5.73 Å². The Bertz CT molecular complexity index is 600. The van der Waals surface area contributed by atoms with Crippen LogP contribution in [0.1, 0.15) is 39.2 Å². The molecule has 0 spiro atoms. The zero-order chi connectivity index (χ0) is 12.9. The van der Waals surface area contributed by atoms with E-state index in [9.17, 15) is 4.39 Å². The zero-order valence-electron chi connectivity index (χ0n) is 10.8. The number of nitrogens with two attached hydrogens (primary N) is 1. The first-order valence-corrected chi connectivity index (χ1v) is 6.39. The largest absolute Gasteiger partial charge is 0.369 e. The van der Waals surface area contributed by atoms with E-state index in [0.29, 0.717) is 22.9 Å². The fourth-order valence-corrected chi connectivity index (χ4v) is 3.09. The van der Waals surface area contributed by atoms with Crippen LogP contribution in [0, 0.1) is 11.2 Å². The second kappa shape index (κ2) is 3.70. The molecule has 3 nitrogen and oxygen atoms in total. The molecule has 1 aromatic carbocycles. The fourth-order valence-electron chi connectivity index (χ4n) is 3.09. The number of imidazole rings is 1. The Morgan fingerprint density at radius 1 is 1.44 bits per heavy atom. The first kappa shape index (κ1) is 11.5. The summed E-state index contributed by atoms with van der Waals surface area (Å²) >= 11 is 0. The van der Waals surface area contributed by atoms with Gasteiger partial charge in [0.05, 0.1) is 11.0 Å². The molecule has 18 heavy (non-hydrogen) atoms. The highest BCUT2D eigenvalue weighted by Crippen LogP contribution is 2.45. The van der Waals surface area contributed by atoms with Crippen LogP contribution in [0.4, 0.5) is 10.3 Å². The minimum atomic E-state index is -0.265. The van der Waals surface area contributed by atoms with Crippen molar-refractivity contribution in [3.8, 4) is 0 Å². The first-order chi connectivity index (χ1) is 8.46. The molecule has 2 aromatic rings. The summed E-state index contributed by atoms with van der Waals surface area (Å²) in [5.41, 5.74) is 7.95. The van der Waals surface area contributed by atoms with E-state index >= 15 is 0 Å². The van der Waals surface area contributed by atoms with Gasteiger partial charge in [-0.3, -0.25) is 0 Å². The van der Waals surface area contributed by atoms with Crippen LogP contribution in [-0.2, 0) is 0 Å². The van der Waals surface area contributed by atoms with Crippen LogP contribution in [0.25, 0.3) is 11.0 Å². The van der Waals surface area contributed by atoms with Crippen molar-refractivity contribution in [3.63, 3.8) is 0 Å². The van der Waals surface area contributed by atoms with E-state index in [1.807, 2.05) is 0 Å². The van der Waals surface area contributed by atoms with Crippen molar-refractivity contribution in [3.05, 3.63) is 24.0 Å². The average Bonchev–Trinajstić information content (AvgIpc) is 2.77. The van der Waals surface area contributed by atoms with E-state index in [2.05, 4.69) is 23.4 Å². The summed E-state index contributed by atoms with van der Waals surface area (Å²) in [4.78, 5) is 4.27. The van der Waals surface area contributed by atoms with Crippen LogP contribution in [0.5, 0.6) is 0 Å². The van der Waals surface area contributed by atoms with Gasteiger partial charge in [-0.2, -0.15) is 0 Å². The van der Waals surface area contributed by atoms with Gasteiger partial charge in [-0.1, -0.05) is 13.8 Å². The molecule has 2 N–H and O–H groups in total. The summed E-state index contributed by atoms with van der Waals surface area (Å²) < 4.78 is 15.3. The highest BCUT2D eigenvalue weighted by molar-refractivity contribution is 5.78. The average molecular weight is 247 g/mol. The molecule has 0 aliphatic heterocycles. The Morgan fingerprint density at radius 3 is 2.89 bits per heavy atom. The number of hydrogen-bond acceptors (Lipinski definition) is 2. The monoisotopic (exact) mass is 247 g/mol. The molecule has 1 aliphatic rings. The molecule has 1 atom stereocenters. The maximum absolute atomic E-state index is 13.2. The molecule has 0 amide bonds. The number of hydrogen-bond donors (Lipinski definition) is 1. The quantitative estimate of drug-likeness (QED) is 0.838. The lowest BCUT2D eigenvalue weighted by molar-refractivity contribution is 0.361. The lowest BCUT2D eigenvalue weighted by Crippen LogP contribution is -2.11. The van der Waals surface area contributed by atoms with E-state index in [0.717, 1.165) is 18.4 Å². The highest BCUT2D eigenvalue weighted by Gasteiger charge is 2.33.